The summed E-state index contributed by atoms with van der Waals surface area (Å²) < 4.78 is 10.9. The molecule has 144 valence electrons. The fraction of sp³-hybridized carbons (Fsp3) is 0.381. The second-order valence-electron chi connectivity index (χ2n) is 6.70. The Hall–Kier alpha value is -2.89. The molecule has 0 aliphatic heterocycles. The molecule has 1 N–H and O–H groups in total. The van der Waals surface area contributed by atoms with Crippen LogP contribution in [0.4, 0.5) is 0 Å². The minimum atomic E-state index is -1.00. The fourth-order valence-electron chi connectivity index (χ4n) is 2.99. The number of carbonyl (C=O) groups is 3. The third-order valence-electron chi connectivity index (χ3n) is 4.33. The Balaban J connectivity index is 2.06. The molecule has 0 saturated carbocycles. The fourth-order valence-corrected chi connectivity index (χ4v) is 2.99. The van der Waals surface area contributed by atoms with Gasteiger partial charge in [-0.2, -0.15) is 0 Å². The number of aryl methyl sites for hydroxylation is 2. The van der Waals surface area contributed by atoms with Crippen LogP contribution in [0, 0.1) is 20.8 Å². The van der Waals surface area contributed by atoms with Gasteiger partial charge in [0.05, 0.1) is 5.69 Å². The van der Waals surface area contributed by atoms with Crippen molar-refractivity contribution in [3.8, 4) is 5.75 Å². The van der Waals surface area contributed by atoms with Crippen LogP contribution in [-0.2, 0) is 9.53 Å². The molecule has 27 heavy (non-hydrogen) atoms. The minimum absolute atomic E-state index is 0.120. The van der Waals surface area contributed by atoms with Gasteiger partial charge in [-0.3, -0.25) is 9.59 Å². The summed E-state index contributed by atoms with van der Waals surface area (Å²) in [5.74, 6) is -0.588. The molecule has 0 fully saturated rings. The summed E-state index contributed by atoms with van der Waals surface area (Å²) in [6, 6.07) is 7.32. The number of nitrogens with one attached hydrogen (secondary N) is 1. The number of aromatic amines is 1. The predicted octanol–water partition coefficient (Wildman–Crippen LogP) is 3.72. The van der Waals surface area contributed by atoms with E-state index in [1.54, 1.807) is 26.8 Å². The zero-order chi connectivity index (χ0) is 20.3. The summed E-state index contributed by atoms with van der Waals surface area (Å²) in [5, 5.41) is 0. The smallest absolute Gasteiger partial charge is 0.347 e. The number of aromatic nitrogens is 1. The predicted molar refractivity (Wildman–Crippen MR) is 101 cm³/mol. The molecule has 1 aromatic heterocycles. The highest BCUT2D eigenvalue weighted by molar-refractivity contribution is 6.05. The van der Waals surface area contributed by atoms with Gasteiger partial charge >= 0.3 is 5.97 Å². The highest BCUT2D eigenvalue weighted by atomic mass is 16.6. The van der Waals surface area contributed by atoms with E-state index in [-0.39, 0.29) is 17.3 Å². The molecule has 0 amide bonds. The molecule has 2 atom stereocenters. The van der Waals surface area contributed by atoms with E-state index in [2.05, 4.69) is 4.98 Å². The van der Waals surface area contributed by atoms with Crippen molar-refractivity contribution < 1.29 is 23.9 Å². The number of hydrogen-bond donors (Lipinski definition) is 1. The maximum Gasteiger partial charge on any atom is 0.347 e. The van der Waals surface area contributed by atoms with Crippen molar-refractivity contribution >= 4 is 17.5 Å². The van der Waals surface area contributed by atoms with Gasteiger partial charge in [0.25, 0.3) is 0 Å². The molecule has 0 bridgehead atoms. The molecule has 0 spiro atoms. The lowest BCUT2D eigenvalue weighted by atomic mass is 10.0. The minimum Gasteiger partial charge on any atom is -0.479 e. The lowest BCUT2D eigenvalue weighted by Gasteiger charge is -2.17. The van der Waals surface area contributed by atoms with Crippen LogP contribution >= 0.6 is 0 Å². The molecule has 1 aromatic carbocycles. The maximum absolute atomic E-state index is 12.7. The third-order valence-corrected chi connectivity index (χ3v) is 4.33. The second kappa shape index (κ2) is 8.20. The van der Waals surface area contributed by atoms with E-state index in [0.29, 0.717) is 22.6 Å². The van der Waals surface area contributed by atoms with Gasteiger partial charge in [0.15, 0.2) is 18.0 Å². The number of H-pyrrole nitrogens is 1. The molecule has 2 rings (SSSR count). The highest BCUT2D eigenvalue weighted by Crippen LogP contribution is 2.21. The lowest BCUT2D eigenvalue weighted by Crippen LogP contribution is -2.33. The SMILES string of the molecule is CC(=O)c1c(C)[nH]c(C(=O)[C@H](C)OC(=O)[C@@H](C)Oc2cccc(C)c2)c1C. The van der Waals surface area contributed by atoms with Crippen LogP contribution in [0.2, 0.25) is 0 Å². The molecule has 0 unspecified atom stereocenters. The van der Waals surface area contributed by atoms with Crippen LogP contribution in [0.25, 0.3) is 0 Å². The van der Waals surface area contributed by atoms with Gasteiger partial charge in [0.1, 0.15) is 5.75 Å². The molecule has 0 aliphatic carbocycles. The first-order chi connectivity index (χ1) is 12.6. The average molecular weight is 371 g/mol. The van der Waals surface area contributed by atoms with Crippen LogP contribution in [0.3, 0.4) is 0 Å². The first kappa shape index (κ1) is 20.4. The number of carbonyl (C=O) groups excluding carboxylic acids is 3. The number of rotatable bonds is 7. The van der Waals surface area contributed by atoms with Crippen LogP contribution in [0.15, 0.2) is 24.3 Å². The van der Waals surface area contributed by atoms with Gasteiger partial charge in [-0.15, -0.1) is 0 Å². The Kier molecular flexibility index (Phi) is 6.20. The molecule has 2 aromatic rings. The van der Waals surface area contributed by atoms with Crippen molar-refractivity contribution in [2.24, 2.45) is 0 Å². The molecular weight excluding hydrogens is 346 g/mol. The number of esters is 1. The van der Waals surface area contributed by atoms with Gasteiger partial charge in [0, 0.05) is 11.3 Å². The Bertz CT molecular complexity index is 881. The highest BCUT2D eigenvalue weighted by Gasteiger charge is 2.28. The molecule has 0 aliphatic rings. The maximum atomic E-state index is 12.7. The molecule has 6 nitrogen and oxygen atoms in total. The van der Waals surface area contributed by atoms with Gasteiger partial charge in [-0.1, -0.05) is 12.1 Å². The van der Waals surface area contributed by atoms with Crippen molar-refractivity contribution in [2.45, 2.75) is 53.8 Å². The molecule has 0 radical (unpaired) electrons. The molecular formula is C21H25NO5. The normalized spacial score (nSPS) is 13.0. The van der Waals surface area contributed by atoms with Crippen molar-refractivity contribution in [3.05, 3.63) is 52.3 Å². The van der Waals surface area contributed by atoms with E-state index in [1.165, 1.54) is 13.8 Å². The largest absolute Gasteiger partial charge is 0.479 e. The standard InChI is InChI=1S/C21H25NO5/c1-11-8-7-9-17(10-11)26-16(6)21(25)27-15(5)20(24)19-12(2)18(14(4)23)13(3)22-19/h7-10,15-16,22H,1-6H3/t15-,16+/m0/s1. The number of ketones is 2. The number of benzene rings is 1. The van der Waals surface area contributed by atoms with Gasteiger partial charge in [-0.05, 0) is 64.8 Å². The summed E-state index contributed by atoms with van der Waals surface area (Å²) in [6.45, 7) is 9.88. The van der Waals surface area contributed by atoms with E-state index >= 15 is 0 Å². The van der Waals surface area contributed by atoms with Crippen LogP contribution < -0.4 is 4.74 Å². The Labute approximate surface area is 158 Å². The van der Waals surface area contributed by atoms with Crippen LogP contribution in [0.1, 0.15) is 58.4 Å². The van der Waals surface area contributed by atoms with E-state index < -0.39 is 18.2 Å². The number of hydrogen-bond acceptors (Lipinski definition) is 5. The summed E-state index contributed by atoms with van der Waals surface area (Å²) in [6.07, 6.45) is -1.86. The summed E-state index contributed by atoms with van der Waals surface area (Å²) in [4.78, 5) is 39.6. The number of Topliss-reactive ketones (excluding diaryl/α,β-unsaturated/α-hetero) is 2. The second-order valence-corrected chi connectivity index (χ2v) is 6.70. The lowest BCUT2D eigenvalue weighted by molar-refractivity contribution is -0.153. The van der Waals surface area contributed by atoms with Gasteiger partial charge in [0.2, 0.25) is 5.78 Å². The first-order valence-electron chi connectivity index (χ1n) is 8.80. The van der Waals surface area contributed by atoms with Crippen molar-refractivity contribution in [1.82, 2.24) is 4.98 Å². The van der Waals surface area contributed by atoms with Crippen molar-refractivity contribution in [2.75, 3.05) is 0 Å². The van der Waals surface area contributed by atoms with E-state index in [9.17, 15) is 14.4 Å². The molecule has 0 saturated heterocycles. The van der Waals surface area contributed by atoms with E-state index in [1.807, 2.05) is 25.1 Å². The van der Waals surface area contributed by atoms with E-state index in [4.69, 9.17) is 9.47 Å². The Morgan fingerprint density at radius 2 is 1.70 bits per heavy atom. The van der Waals surface area contributed by atoms with Gasteiger partial charge < -0.3 is 14.5 Å². The van der Waals surface area contributed by atoms with Gasteiger partial charge in [-0.25, -0.2) is 4.79 Å². The Morgan fingerprint density at radius 1 is 1.04 bits per heavy atom. The zero-order valence-corrected chi connectivity index (χ0v) is 16.5. The molecule has 6 heteroatoms. The van der Waals surface area contributed by atoms with Crippen LogP contribution in [0.5, 0.6) is 5.75 Å². The van der Waals surface area contributed by atoms with E-state index in [0.717, 1.165) is 5.56 Å². The first-order valence-corrected chi connectivity index (χ1v) is 8.80. The number of ether oxygens (including phenoxy) is 2. The summed E-state index contributed by atoms with van der Waals surface area (Å²) in [5.41, 5.74) is 2.98. The topological polar surface area (TPSA) is 85.5 Å². The summed E-state index contributed by atoms with van der Waals surface area (Å²) in [7, 11) is 0. The Morgan fingerprint density at radius 3 is 2.26 bits per heavy atom. The zero-order valence-electron chi connectivity index (χ0n) is 16.5. The quantitative estimate of drug-likeness (QED) is 0.592. The third kappa shape index (κ3) is 4.64. The summed E-state index contributed by atoms with van der Waals surface area (Å²) >= 11 is 0. The monoisotopic (exact) mass is 371 g/mol. The average Bonchev–Trinajstić information content (AvgIpc) is 2.88. The van der Waals surface area contributed by atoms with Crippen molar-refractivity contribution in [1.29, 1.82) is 0 Å². The van der Waals surface area contributed by atoms with Crippen molar-refractivity contribution in [3.63, 3.8) is 0 Å². The molecule has 1 heterocycles. The van der Waals surface area contributed by atoms with Crippen LogP contribution in [-0.4, -0.2) is 34.7 Å².